The van der Waals surface area contributed by atoms with E-state index in [-0.39, 0.29) is 11.2 Å². The van der Waals surface area contributed by atoms with Crippen LogP contribution in [0.2, 0.25) is 10.0 Å². The van der Waals surface area contributed by atoms with Crippen molar-refractivity contribution in [3.63, 3.8) is 0 Å². The van der Waals surface area contributed by atoms with Gasteiger partial charge in [0.05, 0.1) is 21.3 Å². The number of rotatable bonds is 4. The summed E-state index contributed by atoms with van der Waals surface area (Å²) in [4.78, 5) is 22.4. The van der Waals surface area contributed by atoms with Gasteiger partial charge in [0.25, 0.3) is 0 Å². The molecule has 4 rings (SSSR count). The number of nitrogens with zero attached hydrogens (tertiary/aromatic N) is 2. The molecule has 1 aliphatic rings. The van der Waals surface area contributed by atoms with E-state index < -0.39 is 0 Å². The number of anilines is 4. The van der Waals surface area contributed by atoms with Crippen molar-refractivity contribution >= 4 is 52.1 Å². The van der Waals surface area contributed by atoms with Gasteiger partial charge in [-0.2, -0.15) is 4.98 Å². The van der Waals surface area contributed by atoms with Gasteiger partial charge < -0.3 is 10.6 Å². The summed E-state index contributed by atoms with van der Waals surface area (Å²) in [5.41, 5.74) is 5.10. The molecule has 1 heterocycles. The summed E-state index contributed by atoms with van der Waals surface area (Å²) in [6, 6.07) is 11.3. The molecule has 2 N–H and O–H groups in total. The summed E-state index contributed by atoms with van der Waals surface area (Å²) in [5.74, 6) is 0.942. The molecule has 1 aliphatic carbocycles. The number of Topliss-reactive ketones (excluding diaryl/α,β-unsaturated/α-hetero) is 1. The van der Waals surface area contributed by atoms with E-state index in [2.05, 4.69) is 55.4 Å². The molecule has 0 fully saturated rings. The molecule has 3 aromatic rings. The molecule has 31 heavy (non-hydrogen) atoms. The van der Waals surface area contributed by atoms with Gasteiger partial charge >= 0.3 is 0 Å². The lowest BCUT2D eigenvalue weighted by molar-refractivity contribution is 0.0911. The van der Waals surface area contributed by atoms with E-state index in [4.69, 9.17) is 28.2 Å². The maximum atomic E-state index is 13.0. The monoisotopic (exact) mass is 454 g/mol. The number of aromatic nitrogens is 2. The van der Waals surface area contributed by atoms with Crippen molar-refractivity contribution in [2.24, 2.45) is 5.41 Å². The van der Waals surface area contributed by atoms with Gasteiger partial charge in [0.1, 0.15) is 5.82 Å². The molecule has 2 aromatic carbocycles. The van der Waals surface area contributed by atoms with Gasteiger partial charge in [-0.25, -0.2) is 4.98 Å². The average molecular weight is 455 g/mol. The van der Waals surface area contributed by atoms with Gasteiger partial charge in [0, 0.05) is 17.8 Å². The van der Waals surface area contributed by atoms with Crippen LogP contribution in [0.3, 0.4) is 0 Å². The fourth-order valence-electron chi connectivity index (χ4n) is 3.77. The van der Waals surface area contributed by atoms with Crippen LogP contribution in [0.1, 0.15) is 47.4 Å². The normalized spacial score (nSPS) is 14.8. The van der Waals surface area contributed by atoms with Crippen molar-refractivity contribution < 1.29 is 4.79 Å². The van der Waals surface area contributed by atoms with Crippen LogP contribution in [-0.4, -0.2) is 15.8 Å². The Balaban J connectivity index is 1.77. The number of carbonyl (C=O) groups excluding carboxylic acids is 1. The first-order chi connectivity index (χ1) is 14.6. The van der Waals surface area contributed by atoms with Gasteiger partial charge in [-0.3, -0.25) is 4.79 Å². The summed E-state index contributed by atoms with van der Waals surface area (Å²) in [5, 5.41) is 7.43. The fourth-order valence-corrected chi connectivity index (χ4v) is 4.07. The molecule has 0 aliphatic heterocycles. The Hall–Kier alpha value is -2.63. The van der Waals surface area contributed by atoms with Crippen molar-refractivity contribution in [3.05, 3.63) is 68.8 Å². The molecular formula is C24H24Cl2N4O. The molecule has 0 spiro atoms. The van der Waals surface area contributed by atoms with E-state index in [0.29, 0.717) is 45.9 Å². The van der Waals surface area contributed by atoms with Crippen LogP contribution < -0.4 is 10.6 Å². The van der Waals surface area contributed by atoms with Gasteiger partial charge in [0.15, 0.2) is 5.78 Å². The Morgan fingerprint density at radius 1 is 0.871 bits per heavy atom. The summed E-state index contributed by atoms with van der Waals surface area (Å²) in [7, 11) is 0. The predicted octanol–water partition coefficient (Wildman–Crippen LogP) is 7.04. The van der Waals surface area contributed by atoms with Crippen molar-refractivity contribution in [3.8, 4) is 0 Å². The van der Waals surface area contributed by atoms with E-state index in [1.54, 1.807) is 18.2 Å². The topological polar surface area (TPSA) is 66.9 Å². The minimum Gasteiger partial charge on any atom is -0.339 e. The number of ketones is 1. The molecule has 1 aromatic heterocycles. The maximum absolute atomic E-state index is 13.0. The highest BCUT2D eigenvalue weighted by atomic mass is 35.5. The van der Waals surface area contributed by atoms with Crippen LogP contribution in [0, 0.1) is 19.3 Å². The number of halogens is 2. The molecule has 5 nitrogen and oxygen atoms in total. The molecule has 7 heteroatoms. The molecule has 0 bridgehead atoms. The highest BCUT2D eigenvalue weighted by molar-refractivity contribution is 6.42. The second kappa shape index (κ2) is 8.13. The van der Waals surface area contributed by atoms with Crippen LogP contribution >= 0.6 is 23.2 Å². The zero-order valence-electron chi connectivity index (χ0n) is 17.9. The molecule has 0 saturated carbocycles. The van der Waals surface area contributed by atoms with Crippen molar-refractivity contribution in [2.75, 3.05) is 10.6 Å². The minimum atomic E-state index is -0.156. The SMILES string of the molecule is Cc1ccc(Nc2nc3c(c(Nc4ccc(Cl)c(Cl)c4)n2)C(=O)CC(C)(C)C3)cc1C. The Morgan fingerprint density at radius 3 is 2.29 bits per heavy atom. The molecule has 0 atom stereocenters. The molecule has 160 valence electrons. The summed E-state index contributed by atoms with van der Waals surface area (Å²) < 4.78 is 0. The minimum absolute atomic E-state index is 0.0338. The third kappa shape index (κ3) is 4.68. The Morgan fingerprint density at radius 2 is 1.58 bits per heavy atom. The van der Waals surface area contributed by atoms with Crippen molar-refractivity contribution in [2.45, 2.75) is 40.5 Å². The van der Waals surface area contributed by atoms with E-state index in [1.165, 1.54) is 11.1 Å². The van der Waals surface area contributed by atoms with E-state index in [1.807, 2.05) is 6.07 Å². The molecule has 0 amide bonds. The zero-order valence-corrected chi connectivity index (χ0v) is 19.4. The maximum Gasteiger partial charge on any atom is 0.229 e. The zero-order chi connectivity index (χ0) is 22.3. The van der Waals surface area contributed by atoms with Crippen LogP contribution in [0.15, 0.2) is 36.4 Å². The molecule has 0 radical (unpaired) electrons. The lowest BCUT2D eigenvalue weighted by atomic mass is 9.75. The van der Waals surface area contributed by atoms with Crippen LogP contribution in [0.25, 0.3) is 0 Å². The number of aryl methyl sites for hydroxylation is 2. The molecule has 0 saturated heterocycles. The first-order valence-corrected chi connectivity index (χ1v) is 10.9. The largest absolute Gasteiger partial charge is 0.339 e. The second-order valence-corrected chi connectivity index (χ2v) is 9.65. The van der Waals surface area contributed by atoms with Crippen LogP contribution in [0.5, 0.6) is 0 Å². The smallest absolute Gasteiger partial charge is 0.229 e. The standard InChI is InChI=1S/C24H24Cl2N4O/c1-13-5-6-15(9-14(13)2)28-23-29-19-11-24(3,4)12-20(31)21(19)22(30-23)27-16-7-8-17(25)18(26)10-16/h5-10H,11-12H2,1-4H3,(H2,27,28,29,30). The molecule has 0 unspecified atom stereocenters. The lowest BCUT2D eigenvalue weighted by Gasteiger charge is -2.30. The fraction of sp³-hybridized carbons (Fsp3) is 0.292. The third-order valence-electron chi connectivity index (χ3n) is 5.49. The average Bonchev–Trinajstić information content (AvgIpc) is 2.66. The molecular weight excluding hydrogens is 431 g/mol. The number of carbonyl (C=O) groups is 1. The highest BCUT2D eigenvalue weighted by Gasteiger charge is 2.35. The Bertz CT molecular complexity index is 1190. The lowest BCUT2D eigenvalue weighted by Crippen LogP contribution is -2.29. The predicted molar refractivity (Wildman–Crippen MR) is 127 cm³/mol. The van der Waals surface area contributed by atoms with E-state index >= 15 is 0 Å². The Labute approximate surface area is 192 Å². The van der Waals surface area contributed by atoms with Gasteiger partial charge in [0.2, 0.25) is 5.95 Å². The van der Waals surface area contributed by atoms with E-state index in [9.17, 15) is 4.79 Å². The van der Waals surface area contributed by atoms with Crippen LogP contribution in [0.4, 0.5) is 23.1 Å². The Kier molecular flexibility index (Phi) is 5.67. The quantitative estimate of drug-likeness (QED) is 0.442. The number of benzene rings is 2. The summed E-state index contributed by atoms with van der Waals surface area (Å²) >= 11 is 12.2. The van der Waals surface area contributed by atoms with Crippen molar-refractivity contribution in [1.82, 2.24) is 9.97 Å². The van der Waals surface area contributed by atoms with Crippen molar-refractivity contribution in [1.29, 1.82) is 0 Å². The summed E-state index contributed by atoms with van der Waals surface area (Å²) in [6.07, 6.45) is 1.14. The van der Waals surface area contributed by atoms with Gasteiger partial charge in [-0.05, 0) is 67.1 Å². The highest BCUT2D eigenvalue weighted by Crippen LogP contribution is 2.38. The summed E-state index contributed by atoms with van der Waals surface area (Å²) in [6.45, 7) is 8.30. The number of hydrogen-bond donors (Lipinski definition) is 2. The second-order valence-electron chi connectivity index (χ2n) is 8.84. The van der Waals surface area contributed by atoms with Crippen LogP contribution in [-0.2, 0) is 6.42 Å². The first-order valence-electron chi connectivity index (χ1n) is 10.1. The number of fused-ring (bicyclic) bond motifs is 1. The van der Waals surface area contributed by atoms with Gasteiger partial charge in [-0.1, -0.05) is 43.1 Å². The number of nitrogens with one attached hydrogen (secondary N) is 2. The first kappa shape index (κ1) is 21.6. The third-order valence-corrected chi connectivity index (χ3v) is 6.23. The number of hydrogen-bond acceptors (Lipinski definition) is 5. The van der Waals surface area contributed by atoms with E-state index in [0.717, 1.165) is 11.4 Å². The van der Waals surface area contributed by atoms with Gasteiger partial charge in [-0.15, -0.1) is 0 Å².